The summed E-state index contributed by atoms with van der Waals surface area (Å²) in [4.78, 5) is 54.6. The number of benzene rings is 1. The van der Waals surface area contributed by atoms with Gasteiger partial charge in [-0.1, -0.05) is 6.07 Å². The van der Waals surface area contributed by atoms with E-state index in [0.717, 1.165) is 16.2 Å². The minimum absolute atomic E-state index is 0.0488. The molecule has 2 aliphatic heterocycles. The van der Waals surface area contributed by atoms with Crippen molar-refractivity contribution in [1.29, 1.82) is 0 Å². The van der Waals surface area contributed by atoms with Crippen molar-refractivity contribution in [2.45, 2.75) is 43.0 Å². The van der Waals surface area contributed by atoms with Crippen LogP contribution in [0.1, 0.15) is 51.2 Å². The van der Waals surface area contributed by atoms with Crippen molar-refractivity contribution >= 4 is 46.6 Å². The van der Waals surface area contributed by atoms with Crippen LogP contribution in [0.2, 0.25) is 0 Å². The van der Waals surface area contributed by atoms with Crippen LogP contribution < -0.4 is 5.32 Å². The van der Waals surface area contributed by atoms with E-state index in [-0.39, 0.29) is 24.0 Å². The summed E-state index contributed by atoms with van der Waals surface area (Å²) in [5, 5.41) is 4.68. The van der Waals surface area contributed by atoms with Crippen LogP contribution in [0.25, 0.3) is 0 Å². The Bertz CT molecular complexity index is 1000. The molecule has 0 bridgehead atoms. The molecular formula is C19H17N3O4S2. The number of imide groups is 1. The van der Waals surface area contributed by atoms with Crippen LogP contribution in [0.15, 0.2) is 28.5 Å². The standard InChI is InChI=1S/C19H17N3O4S2/c1-10(23)18-20-11(9-28-18)8-27-15-4-2-3-12-13(15)7-22(19(12)26)14-5-6-16(24)21-17(14)25/h2-4,9,14H,5-8H2,1H3,(H,21,24,25). The van der Waals surface area contributed by atoms with Crippen molar-refractivity contribution in [3.8, 4) is 0 Å². The molecule has 1 aromatic carbocycles. The summed E-state index contributed by atoms with van der Waals surface area (Å²) in [6, 6.07) is 4.93. The summed E-state index contributed by atoms with van der Waals surface area (Å²) in [6.07, 6.45) is 0.583. The van der Waals surface area contributed by atoms with E-state index in [9.17, 15) is 19.2 Å². The molecular weight excluding hydrogens is 398 g/mol. The zero-order valence-corrected chi connectivity index (χ0v) is 16.7. The van der Waals surface area contributed by atoms with Gasteiger partial charge in [0.2, 0.25) is 11.8 Å². The van der Waals surface area contributed by atoms with Crippen LogP contribution in [-0.2, 0) is 21.9 Å². The van der Waals surface area contributed by atoms with Crippen LogP contribution in [-0.4, -0.2) is 39.4 Å². The highest BCUT2D eigenvalue weighted by atomic mass is 32.2. The summed E-state index contributed by atoms with van der Waals surface area (Å²) >= 11 is 2.89. The second kappa shape index (κ2) is 7.48. The molecule has 1 saturated heterocycles. The van der Waals surface area contributed by atoms with E-state index in [1.54, 1.807) is 22.7 Å². The Morgan fingerprint density at radius 2 is 2.18 bits per heavy atom. The number of thioether (sulfide) groups is 1. The van der Waals surface area contributed by atoms with E-state index >= 15 is 0 Å². The molecule has 3 amide bonds. The minimum Gasteiger partial charge on any atom is -0.322 e. The molecule has 0 saturated carbocycles. The molecule has 9 heteroatoms. The summed E-state index contributed by atoms with van der Waals surface area (Å²) in [7, 11) is 0. The predicted molar refractivity (Wildman–Crippen MR) is 104 cm³/mol. The third-order valence-corrected chi connectivity index (χ3v) is 6.89. The van der Waals surface area contributed by atoms with Crippen LogP contribution in [0.3, 0.4) is 0 Å². The first-order chi connectivity index (χ1) is 13.4. The molecule has 0 aliphatic carbocycles. The second-order valence-corrected chi connectivity index (χ2v) is 8.55. The topological polar surface area (TPSA) is 96.4 Å². The zero-order valence-electron chi connectivity index (χ0n) is 15.1. The van der Waals surface area contributed by atoms with Gasteiger partial charge in [0.1, 0.15) is 6.04 Å². The highest BCUT2D eigenvalue weighted by Crippen LogP contribution is 2.35. The van der Waals surface area contributed by atoms with Gasteiger partial charge in [-0.2, -0.15) is 0 Å². The van der Waals surface area contributed by atoms with Gasteiger partial charge >= 0.3 is 0 Å². The Labute approximate surface area is 169 Å². The number of hydrogen-bond acceptors (Lipinski definition) is 7. The number of rotatable bonds is 5. The number of ketones is 1. The Kier molecular flexibility index (Phi) is 5.03. The van der Waals surface area contributed by atoms with Gasteiger partial charge in [-0.25, -0.2) is 4.98 Å². The molecule has 1 unspecified atom stereocenters. The van der Waals surface area contributed by atoms with Gasteiger partial charge in [-0.05, 0) is 24.1 Å². The average molecular weight is 415 g/mol. The minimum atomic E-state index is -0.618. The van der Waals surface area contributed by atoms with Crippen molar-refractivity contribution in [1.82, 2.24) is 15.2 Å². The first kappa shape index (κ1) is 18.8. The summed E-state index contributed by atoms with van der Waals surface area (Å²) < 4.78 is 0. The van der Waals surface area contributed by atoms with Crippen molar-refractivity contribution in [3.63, 3.8) is 0 Å². The molecule has 1 fully saturated rings. The second-order valence-electron chi connectivity index (χ2n) is 6.67. The normalized spacial score (nSPS) is 19.0. The molecule has 0 spiro atoms. The quantitative estimate of drug-likeness (QED) is 0.458. The largest absolute Gasteiger partial charge is 0.322 e. The van der Waals surface area contributed by atoms with Crippen molar-refractivity contribution in [2.75, 3.05) is 0 Å². The molecule has 1 atom stereocenters. The van der Waals surface area contributed by atoms with Crippen LogP contribution >= 0.6 is 23.1 Å². The number of piperidine rings is 1. The number of hydrogen-bond donors (Lipinski definition) is 1. The third kappa shape index (κ3) is 3.47. The number of amides is 3. The molecule has 28 heavy (non-hydrogen) atoms. The summed E-state index contributed by atoms with van der Waals surface area (Å²) in [6.45, 7) is 1.84. The summed E-state index contributed by atoms with van der Waals surface area (Å²) in [5.41, 5.74) is 2.31. The number of fused-ring (bicyclic) bond motifs is 1. The first-order valence-corrected chi connectivity index (χ1v) is 10.6. The number of carbonyl (C=O) groups excluding carboxylic acids is 4. The van der Waals surface area contributed by atoms with Gasteiger partial charge in [0.05, 0.1) is 5.69 Å². The molecule has 2 aliphatic rings. The van der Waals surface area contributed by atoms with Gasteiger partial charge < -0.3 is 4.90 Å². The Morgan fingerprint density at radius 1 is 1.36 bits per heavy atom. The fraction of sp³-hybridized carbons (Fsp3) is 0.316. The monoisotopic (exact) mass is 415 g/mol. The van der Waals surface area contributed by atoms with Gasteiger partial charge in [-0.3, -0.25) is 24.5 Å². The van der Waals surface area contributed by atoms with E-state index in [2.05, 4.69) is 10.3 Å². The van der Waals surface area contributed by atoms with Gasteiger partial charge in [-0.15, -0.1) is 23.1 Å². The van der Waals surface area contributed by atoms with Crippen molar-refractivity contribution in [2.24, 2.45) is 0 Å². The van der Waals surface area contributed by atoms with Crippen LogP contribution in [0, 0.1) is 0 Å². The number of Topliss-reactive ketones (excluding diaryl/α,β-unsaturated/α-hetero) is 1. The van der Waals surface area contributed by atoms with Crippen molar-refractivity contribution < 1.29 is 19.2 Å². The molecule has 3 heterocycles. The lowest BCUT2D eigenvalue weighted by Gasteiger charge is -2.29. The average Bonchev–Trinajstić information content (AvgIpc) is 3.26. The molecule has 0 radical (unpaired) electrons. The van der Waals surface area contributed by atoms with Gasteiger partial charge in [0, 0.05) is 41.5 Å². The number of nitrogens with zero attached hydrogens (tertiary/aromatic N) is 2. The molecule has 1 aromatic heterocycles. The number of nitrogens with one attached hydrogen (secondary N) is 1. The molecule has 1 N–H and O–H groups in total. The molecule has 4 rings (SSSR count). The SMILES string of the molecule is CC(=O)c1nc(CSc2cccc3c2CN(C2CCC(=O)NC2=O)C3=O)cs1. The van der Waals surface area contributed by atoms with Crippen LogP contribution in [0.5, 0.6) is 0 Å². The maximum absolute atomic E-state index is 12.8. The molecule has 7 nitrogen and oxygen atoms in total. The maximum atomic E-state index is 12.8. The lowest BCUT2D eigenvalue weighted by atomic mass is 10.0. The van der Waals surface area contributed by atoms with Crippen molar-refractivity contribution in [3.05, 3.63) is 45.4 Å². The Morgan fingerprint density at radius 3 is 2.89 bits per heavy atom. The smallest absolute Gasteiger partial charge is 0.255 e. The van der Waals surface area contributed by atoms with E-state index in [4.69, 9.17) is 0 Å². The lowest BCUT2D eigenvalue weighted by Crippen LogP contribution is -2.52. The number of aromatic nitrogens is 1. The number of carbonyl (C=O) groups is 4. The third-order valence-electron chi connectivity index (χ3n) is 4.77. The van der Waals surface area contributed by atoms with Gasteiger partial charge in [0.25, 0.3) is 5.91 Å². The van der Waals surface area contributed by atoms with E-state index in [1.165, 1.54) is 18.3 Å². The highest BCUT2D eigenvalue weighted by molar-refractivity contribution is 7.98. The van der Waals surface area contributed by atoms with E-state index < -0.39 is 11.9 Å². The predicted octanol–water partition coefficient (Wildman–Crippen LogP) is 2.40. The maximum Gasteiger partial charge on any atom is 0.255 e. The Hall–Kier alpha value is -2.52. The fourth-order valence-corrected chi connectivity index (χ4v) is 5.18. The lowest BCUT2D eigenvalue weighted by molar-refractivity contribution is -0.136. The highest BCUT2D eigenvalue weighted by Gasteiger charge is 2.39. The fourth-order valence-electron chi connectivity index (χ4n) is 3.38. The van der Waals surface area contributed by atoms with E-state index in [0.29, 0.717) is 29.3 Å². The Balaban J connectivity index is 1.51. The molecule has 2 aromatic rings. The first-order valence-electron chi connectivity index (χ1n) is 8.78. The van der Waals surface area contributed by atoms with E-state index in [1.807, 2.05) is 17.5 Å². The number of thiazole rings is 1. The van der Waals surface area contributed by atoms with Gasteiger partial charge in [0.15, 0.2) is 10.8 Å². The summed E-state index contributed by atoms with van der Waals surface area (Å²) in [5.74, 6) is -0.347. The molecule has 144 valence electrons. The zero-order chi connectivity index (χ0) is 19.8. The van der Waals surface area contributed by atoms with Crippen LogP contribution in [0.4, 0.5) is 0 Å².